The number of hydrogen-bond acceptors (Lipinski definition) is 2. The number of halogens is 1. The van der Waals surface area contributed by atoms with Crippen LogP contribution in [-0.4, -0.2) is 43.0 Å². The Morgan fingerprint density at radius 2 is 2.50 bits per heavy atom. The van der Waals surface area contributed by atoms with E-state index in [0.29, 0.717) is 25.6 Å². The Morgan fingerprint density at radius 3 is 3.10 bits per heavy atom. The fourth-order valence-corrected chi connectivity index (χ4v) is 1.09. The number of alkyl halides is 1. The van der Waals surface area contributed by atoms with Crippen molar-refractivity contribution in [2.45, 2.75) is 0 Å². The Hall–Kier alpha value is -0.280. The van der Waals surface area contributed by atoms with Gasteiger partial charge in [0.15, 0.2) is 0 Å². The smallest absolute Gasteiger partial charge is 0.248 e. The highest BCUT2D eigenvalue weighted by Crippen LogP contribution is 1.98. The zero-order chi connectivity index (χ0) is 7.40. The third-order valence-electron chi connectivity index (χ3n) is 1.44. The number of nitrogens with zero attached hydrogens (tertiary/aromatic N) is 1. The van der Waals surface area contributed by atoms with Crippen LogP contribution in [0.2, 0.25) is 0 Å². The molecule has 1 fully saturated rings. The van der Waals surface area contributed by atoms with Crippen molar-refractivity contribution < 1.29 is 9.53 Å². The van der Waals surface area contributed by atoms with Gasteiger partial charge in [0.25, 0.3) is 0 Å². The van der Waals surface area contributed by atoms with E-state index >= 15 is 0 Å². The molecule has 1 rings (SSSR count). The van der Waals surface area contributed by atoms with Crippen molar-refractivity contribution in [2.75, 3.05) is 32.2 Å². The van der Waals surface area contributed by atoms with Crippen molar-refractivity contribution >= 4 is 17.5 Å². The SMILES string of the molecule is O=C1COCCN1CCCl. The van der Waals surface area contributed by atoms with Crippen LogP contribution in [0.1, 0.15) is 0 Å². The van der Waals surface area contributed by atoms with E-state index in [1.165, 1.54) is 0 Å². The minimum absolute atomic E-state index is 0.0481. The summed E-state index contributed by atoms with van der Waals surface area (Å²) in [5.41, 5.74) is 0. The number of carbonyl (C=O) groups excluding carboxylic acids is 1. The average molecular weight is 164 g/mol. The molecule has 0 aromatic rings. The van der Waals surface area contributed by atoms with Crippen LogP contribution in [0.5, 0.6) is 0 Å². The summed E-state index contributed by atoms with van der Waals surface area (Å²) in [5.74, 6) is 0.554. The van der Waals surface area contributed by atoms with Gasteiger partial charge < -0.3 is 9.64 Å². The van der Waals surface area contributed by atoms with Crippen LogP contribution in [0.4, 0.5) is 0 Å². The zero-order valence-electron chi connectivity index (χ0n) is 5.68. The van der Waals surface area contributed by atoms with E-state index in [1.54, 1.807) is 4.90 Å². The first-order valence-electron chi connectivity index (χ1n) is 3.26. The van der Waals surface area contributed by atoms with Gasteiger partial charge in [0.2, 0.25) is 5.91 Å². The predicted molar refractivity (Wildman–Crippen MR) is 38.1 cm³/mol. The highest BCUT2D eigenvalue weighted by atomic mass is 35.5. The molecule has 0 N–H and O–H groups in total. The van der Waals surface area contributed by atoms with Crippen LogP contribution in [0, 0.1) is 0 Å². The zero-order valence-corrected chi connectivity index (χ0v) is 6.43. The minimum Gasteiger partial charge on any atom is -0.370 e. The molecular weight excluding hydrogens is 154 g/mol. The van der Waals surface area contributed by atoms with Crippen LogP contribution in [0.15, 0.2) is 0 Å². The molecule has 0 unspecified atom stereocenters. The Bertz CT molecular complexity index is 127. The first-order chi connectivity index (χ1) is 4.84. The molecule has 4 heteroatoms. The Labute approximate surface area is 64.9 Å². The van der Waals surface area contributed by atoms with Crippen molar-refractivity contribution in [1.82, 2.24) is 4.90 Å². The Kier molecular flexibility index (Phi) is 2.96. The second-order valence-corrected chi connectivity index (χ2v) is 2.50. The highest BCUT2D eigenvalue weighted by Gasteiger charge is 2.16. The summed E-state index contributed by atoms with van der Waals surface area (Å²) in [4.78, 5) is 12.6. The van der Waals surface area contributed by atoms with E-state index in [-0.39, 0.29) is 12.5 Å². The minimum atomic E-state index is 0.0481. The number of hydrogen-bond donors (Lipinski definition) is 0. The van der Waals surface area contributed by atoms with Crippen molar-refractivity contribution in [3.8, 4) is 0 Å². The summed E-state index contributed by atoms with van der Waals surface area (Å²) >= 11 is 5.47. The van der Waals surface area contributed by atoms with Gasteiger partial charge in [-0.1, -0.05) is 0 Å². The molecule has 1 aliphatic rings. The number of carbonyl (C=O) groups is 1. The highest BCUT2D eigenvalue weighted by molar-refractivity contribution is 6.18. The molecule has 0 radical (unpaired) electrons. The molecule has 0 aromatic heterocycles. The van der Waals surface area contributed by atoms with Crippen molar-refractivity contribution in [1.29, 1.82) is 0 Å². The summed E-state index contributed by atoms with van der Waals surface area (Å²) in [5, 5.41) is 0. The van der Waals surface area contributed by atoms with E-state index in [9.17, 15) is 4.79 Å². The van der Waals surface area contributed by atoms with Crippen LogP contribution >= 0.6 is 11.6 Å². The van der Waals surface area contributed by atoms with Gasteiger partial charge in [0.1, 0.15) is 6.61 Å². The van der Waals surface area contributed by atoms with Gasteiger partial charge in [-0.05, 0) is 0 Å². The van der Waals surface area contributed by atoms with Gasteiger partial charge in [-0.3, -0.25) is 4.79 Å². The maximum absolute atomic E-state index is 10.9. The predicted octanol–water partition coefficient (Wildman–Crippen LogP) is 0.0840. The molecule has 0 spiro atoms. The summed E-state index contributed by atoms with van der Waals surface area (Å²) < 4.78 is 4.92. The van der Waals surface area contributed by atoms with Gasteiger partial charge in [0.05, 0.1) is 6.61 Å². The molecule has 1 saturated heterocycles. The third-order valence-corrected chi connectivity index (χ3v) is 1.61. The summed E-state index contributed by atoms with van der Waals surface area (Å²) in [6.07, 6.45) is 0. The monoisotopic (exact) mass is 163 g/mol. The van der Waals surface area contributed by atoms with Crippen LogP contribution in [-0.2, 0) is 9.53 Å². The molecule has 58 valence electrons. The molecule has 1 amide bonds. The molecule has 0 atom stereocenters. The molecule has 1 aliphatic heterocycles. The molecule has 0 bridgehead atoms. The number of morpholine rings is 1. The largest absolute Gasteiger partial charge is 0.370 e. The first-order valence-corrected chi connectivity index (χ1v) is 3.79. The van der Waals surface area contributed by atoms with E-state index < -0.39 is 0 Å². The summed E-state index contributed by atoms with van der Waals surface area (Å²) in [7, 11) is 0. The molecule has 0 saturated carbocycles. The quantitative estimate of drug-likeness (QED) is 0.540. The number of rotatable bonds is 2. The average Bonchev–Trinajstić information content (AvgIpc) is 1.94. The lowest BCUT2D eigenvalue weighted by Gasteiger charge is -2.25. The topological polar surface area (TPSA) is 29.5 Å². The van der Waals surface area contributed by atoms with Gasteiger partial charge in [-0.25, -0.2) is 0 Å². The van der Waals surface area contributed by atoms with Gasteiger partial charge in [-0.15, -0.1) is 11.6 Å². The summed E-state index contributed by atoms with van der Waals surface area (Å²) in [6, 6.07) is 0. The standard InChI is InChI=1S/C6H10ClNO2/c7-1-2-8-3-4-10-5-6(8)9/h1-5H2. The number of ether oxygens (including phenoxy) is 1. The van der Waals surface area contributed by atoms with Gasteiger partial charge in [0, 0.05) is 19.0 Å². The van der Waals surface area contributed by atoms with Crippen LogP contribution in [0.3, 0.4) is 0 Å². The fraction of sp³-hybridized carbons (Fsp3) is 0.833. The maximum atomic E-state index is 10.9. The Morgan fingerprint density at radius 1 is 1.70 bits per heavy atom. The van der Waals surface area contributed by atoms with Gasteiger partial charge in [-0.2, -0.15) is 0 Å². The van der Waals surface area contributed by atoms with Crippen molar-refractivity contribution in [3.63, 3.8) is 0 Å². The molecule has 10 heavy (non-hydrogen) atoms. The van der Waals surface area contributed by atoms with E-state index in [0.717, 1.165) is 0 Å². The normalized spacial score (nSPS) is 19.7. The lowest BCUT2D eigenvalue weighted by atomic mass is 10.4. The fourth-order valence-electron chi connectivity index (χ4n) is 0.889. The second kappa shape index (κ2) is 3.78. The lowest BCUT2D eigenvalue weighted by molar-refractivity contribution is -0.142. The van der Waals surface area contributed by atoms with E-state index in [2.05, 4.69) is 0 Å². The Balaban J connectivity index is 2.32. The number of amides is 1. The van der Waals surface area contributed by atoms with E-state index in [1.807, 2.05) is 0 Å². The van der Waals surface area contributed by atoms with Crippen LogP contribution < -0.4 is 0 Å². The molecular formula is C6H10ClNO2. The second-order valence-electron chi connectivity index (χ2n) is 2.12. The first kappa shape index (κ1) is 7.82. The summed E-state index contributed by atoms with van der Waals surface area (Å²) in [6.45, 7) is 2.19. The molecule has 0 aliphatic carbocycles. The lowest BCUT2D eigenvalue weighted by Crippen LogP contribution is -2.42. The van der Waals surface area contributed by atoms with Crippen LogP contribution in [0.25, 0.3) is 0 Å². The molecule has 1 heterocycles. The van der Waals surface area contributed by atoms with E-state index in [4.69, 9.17) is 16.3 Å². The van der Waals surface area contributed by atoms with Crippen molar-refractivity contribution in [3.05, 3.63) is 0 Å². The molecule has 0 aromatic carbocycles. The van der Waals surface area contributed by atoms with Crippen molar-refractivity contribution in [2.24, 2.45) is 0 Å². The maximum Gasteiger partial charge on any atom is 0.248 e. The van der Waals surface area contributed by atoms with Gasteiger partial charge >= 0.3 is 0 Å². The third kappa shape index (κ3) is 1.85. The molecule has 3 nitrogen and oxygen atoms in total.